The highest BCUT2D eigenvalue weighted by atomic mass is 32.1. The third-order valence-corrected chi connectivity index (χ3v) is 4.11. The molecule has 0 aromatic carbocycles. The van der Waals surface area contributed by atoms with Gasteiger partial charge in [0.05, 0.1) is 0 Å². The summed E-state index contributed by atoms with van der Waals surface area (Å²) in [6, 6.07) is 0. The van der Waals surface area contributed by atoms with Gasteiger partial charge in [0.25, 0.3) is 5.26 Å². The van der Waals surface area contributed by atoms with Gasteiger partial charge in [-0.3, -0.25) is 0 Å². The van der Waals surface area contributed by atoms with Crippen LogP contribution >= 0.6 is 11.5 Å². The van der Waals surface area contributed by atoms with Gasteiger partial charge in [-0.2, -0.15) is 13.7 Å². The van der Waals surface area contributed by atoms with Gasteiger partial charge in [0.15, 0.2) is 5.82 Å². The zero-order chi connectivity index (χ0) is 13.4. The van der Waals surface area contributed by atoms with Crippen LogP contribution in [0, 0.1) is 5.26 Å². The maximum absolute atomic E-state index is 13.1. The predicted molar refractivity (Wildman–Crippen MR) is 75.5 cm³/mol. The normalized spacial score (nSPS) is 14.7. The van der Waals surface area contributed by atoms with Crippen LogP contribution in [0.1, 0.15) is 78.0 Å². The molecule has 0 amide bonds. The Morgan fingerprint density at radius 3 is 2.28 bits per heavy atom. The van der Waals surface area contributed by atoms with Gasteiger partial charge in [-0.05, 0) is 12.8 Å². The van der Waals surface area contributed by atoms with Crippen molar-refractivity contribution in [2.75, 3.05) is 0 Å². The van der Waals surface area contributed by atoms with E-state index in [1.807, 2.05) is 0 Å². The molecule has 0 fully saturated rings. The minimum absolute atomic E-state index is 0.0371. The van der Waals surface area contributed by atoms with Crippen LogP contribution in [-0.2, 0) is 5.41 Å². The van der Waals surface area contributed by atoms with Crippen LogP contribution in [0.25, 0.3) is 0 Å². The van der Waals surface area contributed by atoms with E-state index >= 15 is 0 Å². The molecule has 0 N–H and O–H groups in total. The average molecular weight is 272 g/mol. The van der Waals surface area contributed by atoms with Crippen molar-refractivity contribution in [2.24, 2.45) is 0 Å². The van der Waals surface area contributed by atoms with Crippen LogP contribution in [-0.4, -0.2) is 9.36 Å². The van der Waals surface area contributed by atoms with Crippen molar-refractivity contribution in [1.82, 2.24) is 9.36 Å². The lowest BCUT2D eigenvalue weighted by atomic mass is 9.79. The lowest BCUT2D eigenvalue weighted by Crippen LogP contribution is -2.23. The summed E-state index contributed by atoms with van der Waals surface area (Å²) >= 11 is 0.881. The Hall–Kier alpha value is -0.510. The summed E-state index contributed by atoms with van der Waals surface area (Å²) in [5, 5.41) is -0.402. The van der Waals surface area contributed by atoms with E-state index < -0.39 is 5.26 Å². The second-order valence-electron chi connectivity index (χ2n) is 5.35. The third-order valence-electron chi connectivity index (χ3n) is 3.61. The molecule has 4 heteroatoms. The van der Waals surface area contributed by atoms with Crippen molar-refractivity contribution >= 4 is 11.5 Å². The molecule has 1 aromatic heterocycles. The molecule has 0 aliphatic rings. The fraction of sp³-hybridized carbons (Fsp3) is 0.857. The fourth-order valence-electron chi connectivity index (χ4n) is 2.31. The fourth-order valence-corrected chi connectivity index (χ4v) is 2.86. The Bertz CT molecular complexity index is 340. The molecule has 0 aliphatic heterocycles. The molecular weight excluding hydrogens is 247 g/mol. The van der Waals surface area contributed by atoms with E-state index in [1.54, 1.807) is 0 Å². The smallest absolute Gasteiger partial charge is 0.192 e. The summed E-state index contributed by atoms with van der Waals surface area (Å²) < 4.78 is 17.3. The minimum atomic E-state index is -0.402. The van der Waals surface area contributed by atoms with E-state index in [4.69, 9.17) is 0 Å². The lowest BCUT2D eigenvalue weighted by molar-refractivity contribution is 0.350. The van der Waals surface area contributed by atoms with Gasteiger partial charge in [-0.15, -0.1) is 0 Å². The molecule has 1 unspecified atom stereocenters. The predicted octanol–water partition coefficient (Wildman–Crippen LogP) is 5.10. The first-order valence-corrected chi connectivity index (χ1v) is 7.89. The van der Waals surface area contributed by atoms with Crippen LogP contribution in [0.3, 0.4) is 0 Å². The molecule has 1 atom stereocenters. The molecule has 1 aromatic rings. The lowest BCUT2D eigenvalue weighted by Gasteiger charge is -2.26. The van der Waals surface area contributed by atoms with E-state index in [1.165, 1.54) is 25.7 Å². The maximum atomic E-state index is 13.1. The number of nitrogens with zero attached hydrogens (tertiary/aromatic N) is 2. The monoisotopic (exact) mass is 272 g/mol. The highest BCUT2D eigenvalue weighted by molar-refractivity contribution is 7.03. The summed E-state index contributed by atoms with van der Waals surface area (Å²) in [4.78, 5) is 3.98. The number of unbranched alkanes of at least 4 members (excludes halogenated alkanes) is 4. The van der Waals surface area contributed by atoms with Gasteiger partial charge in [0, 0.05) is 16.9 Å². The maximum Gasteiger partial charge on any atom is 0.288 e. The Morgan fingerprint density at radius 2 is 1.72 bits per heavy atom. The average Bonchev–Trinajstić information content (AvgIpc) is 2.80. The summed E-state index contributed by atoms with van der Waals surface area (Å²) in [5.41, 5.74) is -0.0371. The van der Waals surface area contributed by atoms with E-state index in [0.29, 0.717) is 0 Å². The molecule has 0 bridgehead atoms. The Morgan fingerprint density at radius 1 is 1.06 bits per heavy atom. The molecule has 0 spiro atoms. The molecule has 0 radical (unpaired) electrons. The molecule has 104 valence electrons. The topological polar surface area (TPSA) is 25.8 Å². The first-order chi connectivity index (χ1) is 8.62. The molecule has 2 nitrogen and oxygen atoms in total. The van der Waals surface area contributed by atoms with Gasteiger partial charge < -0.3 is 0 Å². The number of rotatable bonds is 9. The van der Waals surface area contributed by atoms with Crippen molar-refractivity contribution in [3.8, 4) is 0 Å². The Balaban J connectivity index is 2.62. The summed E-state index contributed by atoms with van der Waals surface area (Å²) in [6.45, 7) is 6.59. The van der Waals surface area contributed by atoms with Gasteiger partial charge in [-0.1, -0.05) is 59.3 Å². The standard InChI is InChI=1S/C14H25FN2S/c1-4-6-8-9-11-14(3,10-7-5-2)12-16-13(15)18-17-12/h4-11H2,1-3H3. The first-order valence-electron chi connectivity index (χ1n) is 7.12. The second-order valence-corrected chi connectivity index (χ2v) is 6.05. The quantitative estimate of drug-likeness (QED) is 0.585. The number of hydrogen-bond donors (Lipinski definition) is 0. The molecule has 0 saturated carbocycles. The third kappa shape index (κ3) is 4.63. The molecule has 0 aliphatic carbocycles. The first kappa shape index (κ1) is 15.5. The summed E-state index contributed by atoms with van der Waals surface area (Å²) in [6.07, 6.45) is 9.43. The van der Waals surface area contributed by atoms with Crippen LogP contribution < -0.4 is 0 Å². The van der Waals surface area contributed by atoms with E-state index in [9.17, 15) is 4.39 Å². The minimum Gasteiger partial charge on any atom is -0.192 e. The second kappa shape index (κ2) is 7.82. The van der Waals surface area contributed by atoms with Crippen LogP contribution in [0.5, 0.6) is 0 Å². The van der Waals surface area contributed by atoms with Crippen molar-refractivity contribution in [1.29, 1.82) is 0 Å². The number of hydrogen-bond acceptors (Lipinski definition) is 3. The summed E-state index contributed by atoms with van der Waals surface area (Å²) in [5.74, 6) is 0.718. The van der Waals surface area contributed by atoms with E-state index in [0.717, 1.165) is 43.0 Å². The molecule has 0 saturated heterocycles. The number of halogens is 1. The summed E-state index contributed by atoms with van der Waals surface area (Å²) in [7, 11) is 0. The van der Waals surface area contributed by atoms with Crippen molar-refractivity contribution in [3.63, 3.8) is 0 Å². The SMILES string of the molecule is CCCCCCC(C)(CCCC)c1nsc(F)n1. The highest BCUT2D eigenvalue weighted by Crippen LogP contribution is 2.33. The largest absolute Gasteiger partial charge is 0.288 e. The zero-order valence-corrected chi connectivity index (χ0v) is 12.7. The van der Waals surface area contributed by atoms with E-state index in [-0.39, 0.29) is 5.41 Å². The van der Waals surface area contributed by atoms with Crippen molar-refractivity contribution in [2.45, 2.75) is 77.6 Å². The Labute approximate surface area is 114 Å². The Kier molecular flexibility index (Phi) is 6.76. The van der Waals surface area contributed by atoms with Gasteiger partial charge in [0.1, 0.15) is 0 Å². The van der Waals surface area contributed by atoms with Gasteiger partial charge in [-0.25, -0.2) is 0 Å². The van der Waals surface area contributed by atoms with Crippen LogP contribution in [0.2, 0.25) is 0 Å². The van der Waals surface area contributed by atoms with Gasteiger partial charge in [0.2, 0.25) is 0 Å². The highest BCUT2D eigenvalue weighted by Gasteiger charge is 2.30. The zero-order valence-electron chi connectivity index (χ0n) is 11.8. The molecule has 18 heavy (non-hydrogen) atoms. The molecule has 1 rings (SSSR count). The van der Waals surface area contributed by atoms with E-state index in [2.05, 4.69) is 30.1 Å². The molecular formula is C14H25FN2S. The van der Waals surface area contributed by atoms with Crippen LogP contribution in [0.15, 0.2) is 0 Å². The molecule has 1 heterocycles. The van der Waals surface area contributed by atoms with Gasteiger partial charge >= 0.3 is 0 Å². The van der Waals surface area contributed by atoms with Crippen molar-refractivity contribution in [3.05, 3.63) is 11.1 Å². The number of aromatic nitrogens is 2. The van der Waals surface area contributed by atoms with Crippen LogP contribution in [0.4, 0.5) is 4.39 Å². The van der Waals surface area contributed by atoms with Crippen molar-refractivity contribution < 1.29 is 4.39 Å².